The zero-order valence-electron chi connectivity index (χ0n) is 9.59. The third-order valence-electron chi connectivity index (χ3n) is 2.08. The topological polar surface area (TPSA) is 21.3 Å². The Kier molecular flexibility index (Phi) is 5.19. The molecule has 0 saturated heterocycles. The normalized spacial score (nSPS) is 12.5. The predicted octanol–water partition coefficient (Wildman–Crippen LogP) is 2.73. The summed E-state index contributed by atoms with van der Waals surface area (Å²) in [5, 5.41) is 3.16. The van der Waals surface area contributed by atoms with Gasteiger partial charge in [0.15, 0.2) is 11.6 Å². The lowest BCUT2D eigenvalue weighted by atomic mass is 10.3. The molecule has 0 aliphatic heterocycles. The van der Waals surface area contributed by atoms with Crippen LogP contribution in [0.1, 0.15) is 20.3 Å². The maximum Gasteiger partial charge on any atom is 0.167 e. The molecule has 1 atom stereocenters. The van der Waals surface area contributed by atoms with E-state index < -0.39 is 11.6 Å². The van der Waals surface area contributed by atoms with Crippen molar-refractivity contribution in [3.8, 4) is 5.75 Å². The average Bonchev–Trinajstić information content (AvgIpc) is 2.23. The van der Waals surface area contributed by atoms with Crippen LogP contribution in [0.5, 0.6) is 5.75 Å². The lowest BCUT2D eigenvalue weighted by Crippen LogP contribution is -2.29. The number of hydrogen-bond donors (Lipinski definition) is 1. The second-order valence-electron chi connectivity index (χ2n) is 3.71. The van der Waals surface area contributed by atoms with Crippen LogP contribution in [0, 0.1) is 11.6 Å². The summed E-state index contributed by atoms with van der Waals surface area (Å²) in [6.07, 6.45) is 0.893. The lowest BCUT2D eigenvalue weighted by molar-refractivity contribution is 0.207. The van der Waals surface area contributed by atoms with E-state index in [-0.39, 0.29) is 11.9 Å². The van der Waals surface area contributed by atoms with Crippen molar-refractivity contribution >= 4 is 0 Å². The van der Waals surface area contributed by atoms with Crippen molar-refractivity contribution in [3.05, 3.63) is 29.8 Å². The Balaban J connectivity index is 2.46. The van der Waals surface area contributed by atoms with E-state index >= 15 is 0 Å². The van der Waals surface area contributed by atoms with Gasteiger partial charge in [0.25, 0.3) is 0 Å². The fourth-order valence-corrected chi connectivity index (χ4v) is 1.31. The molecule has 0 saturated carbocycles. The van der Waals surface area contributed by atoms with E-state index in [1.165, 1.54) is 12.1 Å². The monoisotopic (exact) mass is 229 g/mol. The Labute approximate surface area is 94.6 Å². The quantitative estimate of drug-likeness (QED) is 0.757. The molecule has 2 nitrogen and oxygen atoms in total. The van der Waals surface area contributed by atoms with Crippen LogP contribution in [0.4, 0.5) is 8.78 Å². The number of rotatable bonds is 6. The highest BCUT2D eigenvalue weighted by molar-refractivity contribution is 5.24. The third-order valence-corrected chi connectivity index (χ3v) is 2.08. The Morgan fingerprint density at radius 3 is 2.75 bits per heavy atom. The molecule has 0 fully saturated rings. The van der Waals surface area contributed by atoms with Crippen LogP contribution >= 0.6 is 0 Å². The summed E-state index contributed by atoms with van der Waals surface area (Å²) in [7, 11) is 0. The maximum atomic E-state index is 13.2. The molecule has 4 heteroatoms. The summed E-state index contributed by atoms with van der Waals surface area (Å²) in [6.45, 7) is 5.45. The van der Waals surface area contributed by atoms with E-state index in [9.17, 15) is 8.78 Å². The molecule has 0 radical (unpaired) electrons. The molecule has 16 heavy (non-hydrogen) atoms. The van der Waals surface area contributed by atoms with Crippen molar-refractivity contribution in [2.45, 2.75) is 26.4 Å². The van der Waals surface area contributed by atoms with E-state index in [2.05, 4.69) is 12.2 Å². The molecule has 0 amide bonds. The van der Waals surface area contributed by atoms with Crippen molar-refractivity contribution in [1.29, 1.82) is 0 Å². The molecule has 0 aromatic heterocycles. The number of nitrogens with one attached hydrogen (secondary N) is 1. The van der Waals surface area contributed by atoms with Gasteiger partial charge in [-0.25, -0.2) is 8.78 Å². The standard InChI is InChI=1S/C12H17F2NO/c1-3-6-15-8-9(2)16-12-5-4-10(13)7-11(12)14/h4-5,7,9,15H,3,6,8H2,1-2H3. The molecular weight excluding hydrogens is 212 g/mol. The number of benzene rings is 1. The minimum Gasteiger partial charge on any atom is -0.486 e. The van der Waals surface area contributed by atoms with Crippen molar-refractivity contribution < 1.29 is 13.5 Å². The summed E-state index contributed by atoms with van der Waals surface area (Å²) < 4.78 is 31.2. The van der Waals surface area contributed by atoms with Gasteiger partial charge in [-0.1, -0.05) is 6.92 Å². The van der Waals surface area contributed by atoms with Gasteiger partial charge < -0.3 is 10.1 Å². The summed E-state index contributed by atoms with van der Waals surface area (Å²) >= 11 is 0. The first-order chi connectivity index (χ1) is 7.63. The van der Waals surface area contributed by atoms with Crippen LogP contribution in [0.25, 0.3) is 0 Å². The van der Waals surface area contributed by atoms with Crippen LogP contribution in [0.2, 0.25) is 0 Å². The van der Waals surface area contributed by atoms with E-state index in [1.54, 1.807) is 0 Å². The van der Waals surface area contributed by atoms with Gasteiger partial charge in [0.1, 0.15) is 11.9 Å². The molecule has 1 unspecified atom stereocenters. The van der Waals surface area contributed by atoms with Gasteiger partial charge in [-0.3, -0.25) is 0 Å². The van der Waals surface area contributed by atoms with Gasteiger partial charge in [-0.2, -0.15) is 0 Å². The lowest BCUT2D eigenvalue weighted by Gasteiger charge is -2.15. The Morgan fingerprint density at radius 1 is 1.38 bits per heavy atom. The first kappa shape index (κ1) is 12.9. The van der Waals surface area contributed by atoms with E-state index in [0.29, 0.717) is 6.54 Å². The summed E-state index contributed by atoms with van der Waals surface area (Å²) in [6, 6.07) is 3.31. The van der Waals surface area contributed by atoms with Crippen LogP contribution < -0.4 is 10.1 Å². The van der Waals surface area contributed by atoms with Gasteiger partial charge in [0.2, 0.25) is 0 Å². The summed E-state index contributed by atoms with van der Waals surface area (Å²) in [5.41, 5.74) is 0. The molecule has 0 aliphatic rings. The fraction of sp³-hybridized carbons (Fsp3) is 0.500. The van der Waals surface area contributed by atoms with E-state index in [4.69, 9.17) is 4.74 Å². The molecule has 1 aromatic carbocycles. The van der Waals surface area contributed by atoms with Gasteiger partial charge in [-0.05, 0) is 32.0 Å². The highest BCUT2D eigenvalue weighted by atomic mass is 19.1. The van der Waals surface area contributed by atoms with E-state index in [0.717, 1.165) is 19.0 Å². The molecule has 1 aromatic rings. The molecular formula is C12H17F2NO. The largest absolute Gasteiger partial charge is 0.486 e. The zero-order valence-corrected chi connectivity index (χ0v) is 9.59. The van der Waals surface area contributed by atoms with Gasteiger partial charge in [0.05, 0.1) is 0 Å². The molecule has 0 spiro atoms. The Bertz CT molecular complexity index is 331. The van der Waals surface area contributed by atoms with Crippen molar-refractivity contribution in [2.75, 3.05) is 13.1 Å². The van der Waals surface area contributed by atoms with Gasteiger partial charge in [-0.15, -0.1) is 0 Å². The number of hydrogen-bond acceptors (Lipinski definition) is 2. The second kappa shape index (κ2) is 6.43. The molecule has 1 rings (SSSR count). The average molecular weight is 229 g/mol. The predicted molar refractivity (Wildman–Crippen MR) is 59.6 cm³/mol. The molecule has 1 N–H and O–H groups in total. The minimum atomic E-state index is -0.664. The number of halogens is 2. The first-order valence-electron chi connectivity index (χ1n) is 5.46. The zero-order chi connectivity index (χ0) is 12.0. The first-order valence-corrected chi connectivity index (χ1v) is 5.46. The van der Waals surface area contributed by atoms with E-state index in [1.807, 2.05) is 6.92 Å². The van der Waals surface area contributed by atoms with Crippen LogP contribution in [0.3, 0.4) is 0 Å². The van der Waals surface area contributed by atoms with Crippen molar-refractivity contribution in [3.63, 3.8) is 0 Å². The third kappa shape index (κ3) is 4.14. The smallest absolute Gasteiger partial charge is 0.167 e. The second-order valence-corrected chi connectivity index (χ2v) is 3.71. The molecule has 0 bridgehead atoms. The van der Waals surface area contributed by atoms with Crippen LogP contribution in [-0.4, -0.2) is 19.2 Å². The highest BCUT2D eigenvalue weighted by Gasteiger charge is 2.08. The summed E-state index contributed by atoms with van der Waals surface area (Å²) in [4.78, 5) is 0. The SMILES string of the molecule is CCCNCC(C)Oc1ccc(F)cc1F. The van der Waals surface area contributed by atoms with Gasteiger partial charge >= 0.3 is 0 Å². The van der Waals surface area contributed by atoms with Crippen molar-refractivity contribution in [2.24, 2.45) is 0 Å². The highest BCUT2D eigenvalue weighted by Crippen LogP contribution is 2.18. The molecule has 90 valence electrons. The Hall–Kier alpha value is -1.16. The van der Waals surface area contributed by atoms with Crippen molar-refractivity contribution in [1.82, 2.24) is 5.32 Å². The summed E-state index contributed by atoms with van der Waals surface area (Å²) in [5.74, 6) is -1.17. The molecule has 0 aliphatic carbocycles. The maximum absolute atomic E-state index is 13.2. The minimum absolute atomic E-state index is 0.0900. The van der Waals surface area contributed by atoms with Crippen LogP contribution in [0.15, 0.2) is 18.2 Å². The fourth-order valence-electron chi connectivity index (χ4n) is 1.31. The molecule has 0 heterocycles. The van der Waals surface area contributed by atoms with Crippen LogP contribution in [-0.2, 0) is 0 Å². The number of ether oxygens (including phenoxy) is 1. The van der Waals surface area contributed by atoms with Gasteiger partial charge in [0, 0.05) is 12.6 Å². The Morgan fingerprint density at radius 2 is 2.12 bits per heavy atom.